The Hall–Kier alpha value is -1.60. The van der Waals surface area contributed by atoms with E-state index in [1.165, 1.54) is 35.1 Å². The zero-order valence-corrected chi connectivity index (χ0v) is 16.2. The molecular formula is C23H35N. The minimum Gasteiger partial charge on any atom is -0.307 e. The van der Waals surface area contributed by atoms with Crippen LogP contribution in [0.1, 0.15) is 71.9 Å². The van der Waals surface area contributed by atoms with E-state index in [1.807, 2.05) is 0 Å². The number of allylic oxidation sites excluding steroid dienone is 5. The third-order valence-corrected chi connectivity index (χ3v) is 4.30. The van der Waals surface area contributed by atoms with Crippen LogP contribution in [-0.4, -0.2) is 6.54 Å². The van der Waals surface area contributed by atoms with Crippen LogP contribution in [0.15, 0.2) is 65.3 Å². The highest BCUT2D eigenvalue weighted by Crippen LogP contribution is 2.13. The predicted molar refractivity (Wildman–Crippen MR) is 108 cm³/mol. The van der Waals surface area contributed by atoms with Crippen molar-refractivity contribution in [1.82, 2.24) is 5.32 Å². The molecule has 0 aliphatic carbocycles. The van der Waals surface area contributed by atoms with E-state index in [0.717, 1.165) is 19.4 Å². The summed E-state index contributed by atoms with van der Waals surface area (Å²) in [7, 11) is 0. The van der Waals surface area contributed by atoms with Crippen LogP contribution in [-0.2, 0) is 0 Å². The summed E-state index contributed by atoms with van der Waals surface area (Å²) < 4.78 is 0. The Kier molecular flexibility index (Phi) is 10.1. The van der Waals surface area contributed by atoms with Crippen LogP contribution in [0.4, 0.5) is 0 Å². The molecule has 0 aliphatic heterocycles. The van der Waals surface area contributed by atoms with Crippen molar-refractivity contribution in [3.8, 4) is 0 Å². The maximum Gasteiger partial charge on any atom is 0.0294 e. The normalized spacial score (nSPS) is 13.7. The van der Waals surface area contributed by atoms with Gasteiger partial charge in [0.2, 0.25) is 0 Å². The minimum atomic E-state index is 0.396. The van der Waals surface area contributed by atoms with Crippen LogP contribution < -0.4 is 5.32 Å². The first kappa shape index (κ1) is 20.4. The molecule has 24 heavy (non-hydrogen) atoms. The summed E-state index contributed by atoms with van der Waals surface area (Å²) in [6, 6.07) is 11.0. The molecule has 0 radical (unpaired) electrons. The van der Waals surface area contributed by atoms with Gasteiger partial charge in [0, 0.05) is 12.6 Å². The van der Waals surface area contributed by atoms with Crippen LogP contribution in [0.25, 0.3) is 0 Å². The molecule has 0 fully saturated rings. The first-order chi connectivity index (χ1) is 11.5. The fourth-order valence-electron chi connectivity index (χ4n) is 2.61. The molecule has 1 atom stereocenters. The van der Waals surface area contributed by atoms with Crippen molar-refractivity contribution in [2.75, 3.05) is 6.54 Å². The zero-order valence-electron chi connectivity index (χ0n) is 16.2. The standard InChI is InChI=1S/C23H35N/c1-19(2)11-9-12-20(3)13-10-14-21(4)17-18-24-22(5)23-15-7-6-8-16-23/h6-8,11,13,15-17,22,24H,9-10,12,14,18H2,1-5H3/t22-/m1/s1. The Morgan fingerprint density at radius 1 is 0.875 bits per heavy atom. The lowest BCUT2D eigenvalue weighted by Gasteiger charge is -2.13. The lowest BCUT2D eigenvalue weighted by Crippen LogP contribution is -2.18. The molecule has 0 unspecified atom stereocenters. The van der Waals surface area contributed by atoms with E-state index in [1.54, 1.807) is 0 Å². The van der Waals surface area contributed by atoms with Gasteiger partial charge in [-0.15, -0.1) is 0 Å². The number of rotatable bonds is 10. The molecule has 0 aliphatic rings. The lowest BCUT2D eigenvalue weighted by molar-refractivity contribution is 0.615. The van der Waals surface area contributed by atoms with Crippen molar-refractivity contribution in [2.45, 2.75) is 66.3 Å². The van der Waals surface area contributed by atoms with Gasteiger partial charge in [0.05, 0.1) is 0 Å². The van der Waals surface area contributed by atoms with Gasteiger partial charge in [-0.3, -0.25) is 0 Å². The Morgan fingerprint density at radius 2 is 1.46 bits per heavy atom. The molecule has 1 heteroatoms. The van der Waals surface area contributed by atoms with E-state index in [0.29, 0.717) is 6.04 Å². The fraction of sp³-hybridized carbons (Fsp3) is 0.478. The van der Waals surface area contributed by atoms with Gasteiger partial charge in [-0.1, -0.05) is 65.3 Å². The number of nitrogens with one attached hydrogen (secondary N) is 1. The summed E-state index contributed by atoms with van der Waals surface area (Å²) in [5, 5.41) is 3.57. The zero-order chi connectivity index (χ0) is 17.8. The van der Waals surface area contributed by atoms with Gasteiger partial charge in [0.25, 0.3) is 0 Å². The Labute approximate surface area is 149 Å². The number of hydrogen-bond donors (Lipinski definition) is 1. The second-order valence-corrected chi connectivity index (χ2v) is 7.00. The monoisotopic (exact) mass is 325 g/mol. The summed E-state index contributed by atoms with van der Waals surface area (Å²) in [6.07, 6.45) is 11.7. The van der Waals surface area contributed by atoms with E-state index in [2.05, 4.69) is 88.5 Å². The van der Waals surface area contributed by atoms with Crippen molar-refractivity contribution in [2.24, 2.45) is 0 Å². The van der Waals surface area contributed by atoms with E-state index in [4.69, 9.17) is 0 Å². The van der Waals surface area contributed by atoms with Crippen LogP contribution in [0, 0.1) is 0 Å². The smallest absolute Gasteiger partial charge is 0.0294 e. The second kappa shape index (κ2) is 11.9. The lowest BCUT2D eigenvalue weighted by atomic mass is 10.1. The van der Waals surface area contributed by atoms with Gasteiger partial charge in [-0.25, -0.2) is 0 Å². The Balaban J connectivity index is 2.26. The molecule has 1 nitrogen and oxygen atoms in total. The highest BCUT2D eigenvalue weighted by atomic mass is 14.9. The van der Waals surface area contributed by atoms with Gasteiger partial charge in [0.1, 0.15) is 0 Å². The van der Waals surface area contributed by atoms with E-state index in [-0.39, 0.29) is 0 Å². The highest BCUT2D eigenvalue weighted by molar-refractivity contribution is 5.18. The maximum atomic E-state index is 3.57. The fourth-order valence-corrected chi connectivity index (χ4v) is 2.61. The van der Waals surface area contributed by atoms with Crippen molar-refractivity contribution >= 4 is 0 Å². The number of benzene rings is 1. The second-order valence-electron chi connectivity index (χ2n) is 7.00. The van der Waals surface area contributed by atoms with Crippen LogP contribution in [0.2, 0.25) is 0 Å². The van der Waals surface area contributed by atoms with Crippen LogP contribution in [0.5, 0.6) is 0 Å². The third kappa shape index (κ3) is 9.52. The molecule has 0 amide bonds. The molecule has 0 bridgehead atoms. The van der Waals surface area contributed by atoms with Gasteiger partial charge in [-0.2, -0.15) is 0 Å². The van der Waals surface area contributed by atoms with Crippen LogP contribution >= 0.6 is 0 Å². The largest absolute Gasteiger partial charge is 0.307 e. The van der Waals surface area contributed by atoms with Crippen molar-refractivity contribution in [1.29, 1.82) is 0 Å². The summed E-state index contributed by atoms with van der Waals surface area (Å²) >= 11 is 0. The van der Waals surface area contributed by atoms with Crippen molar-refractivity contribution in [3.05, 3.63) is 70.8 Å². The summed E-state index contributed by atoms with van der Waals surface area (Å²) in [4.78, 5) is 0. The molecule has 1 N–H and O–H groups in total. The molecular weight excluding hydrogens is 290 g/mol. The van der Waals surface area contributed by atoms with Gasteiger partial charge >= 0.3 is 0 Å². The van der Waals surface area contributed by atoms with Gasteiger partial charge < -0.3 is 5.32 Å². The summed E-state index contributed by atoms with van der Waals surface area (Å²) in [6.45, 7) is 12.0. The van der Waals surface area contributed by atoms with E-state index < -0.39 is 0 Å². The molecule has 0 saturated heterocycles. The third-order valence-electron chi connectivity index (χ3n) is 4.30. The van der Waals surface area contributed by atoms with Gasteiger partial charge in [0.15, 0.2) is 0 Å². The molecule has 0 spiro atoms. The minimum absolute atomic E-state index is 0.396. The maximum absolute atomic E-state index is 3.57. The molecule has 1 rings (SSSR count). The van der Waals surface area contributed by atoms with Crippen LogP contribution in [0.3, 0.4) is 0 Å². The molecule has 0 heterocycles. The topological polar surface area (TPSA) is 12.0 Å². The highest BCUT2D eigenvalue weighted by Gasteiger charge is 2.01. The molecule has 0 aromatic heterocycles. The Bertz CT molecular complexity index is 545. The average molecular weight is 326 g/mol. The predicted octanol–water partition coefficient (Wildman–Crippen LogP) is 6.76. The molecule has 1 aromatic rings. The van der Waals surface area contributed by atoms with Crippen molar-refractivity contribution in [3.63, 3.8) is 0 Å². The van der Waals surface area contributed by atoms with Crippen molar-refractivity contribution < 1.29 is 0 Å². The molecule has 0 saturated carbocycles. The van der Waals surface area contributed by atoms with E-state index >= 15 is 0 Å². The SMILES string of the molecule is CC(C)=CCCC(C)=CCCC(C)=CCN[C@H](C)c1ccccc1. The summed E-state index contributed by atoms with van der Waals surface area (Å²) in [5.41, 5.74) is 5.74. The number of hydrogen-bond acceptors (Lipinski definition) is 1. The Morgan fingerprint density at radius 3 is 2.08 bits per heavy atom. The quantitative estimate of drug-likeness (QED) is 0.469. The first-order valence-corrected chi connectivity index (χ1v) is 9.22. The average Bonchev–Trinajstić information content (AvgIpc) is 2.55. The molecule has 132 valence electrons. The molecule has 1 aromatic carbocycles. The summed E-state index contributed by atoms with van der Waals surface area (Å²) in [5.74, 6) is 0. The first-order valence-electron chi connectivity index (χ1n) is 9.22. The van der Waals surface area contributed by atoms with Gasteiger partial charge in [-0.05, 0) is 65.9 Å². The van der Waals surface area contributed by atoms with E-state index in [9.17, 15) is 0 Å².